The van der Waals surface area contributed by atoms with Crippen molar-refractivity contribution >= 4 is 22.5 Å². The summed E-state index contributed by atoms with van der Waals surface area (Å²) < 4.78 is 5.35. The van der Waals surface area contributed by atoms with Gasteiger partial charge in [-0.1, -0.05) is 0 Å². The number of nitrogens with one attached hydrogen (secondary N) is 1. The summed E-state index contributed by atoms with van der Waals surface area (Å²) >= 11 is 0. The molecule has 4 rings (SSSR count). The van der Waals surface area contributed by atoms with Crippen LogP contribution in [-0.2, 0) is 4.79 Å². The molecule has 0 spiro atoms. The van der Waals surface area contributed by atoms with Crippen molar-refractivity contribution in [3.8, 4) is 5.75 Å². The maximum Gasteiger partial charge on any atom is 0.269 e. The third-order valence-electron chi connectivity index (χ3n) is 5.06. The number of H-pyrrole nitrogens is 1. The molecule has 0 aliphatic carbocycles. The number of carbonyl (C=O) groups excluding carboxylic acids is 1. The molecule has 0 radical (unpaired) electrons. The number of hydrogen-bond acceptors (Lipinski definition) is 4. The number of carbonyl (C=O) groups is 1. The van der Waals surface area contributed by atoms with Crippen molar-refractivity contribution in [2.45, 2.75) is 18.9 Å². The standard InChI is InChI=1S/C20H19N3O4/c1-27-15-8-9-18-16(11-15)17(12-21-18)20(22-10-2-3-19(22)24)13-4-6-14(7-5-13)23(25)26/h4-9,11-12,20-21H,2-3,10H2,1H3. The van der Waals surface area contributed by atoms with E-state index in [1.54, 1.807) is 19.2 Å². The molecule has 1 aliphatic heterocycles. The van der Waals surface area contributed by atoms with Crippen LogP contribution in [0.5, 0.6) is 5.75 Å². The molecule has 1 saturated heterocycles. The zero-order valence-electron chi connectivity index (χ0n) is 14.8. The number of non-ortho nitro benzene ring substituents is 1. The van der Waals surface area contributed by atoms with Crippen molar-refractivity contribution < 1.29 is 14.5 Å². The summed E-state index contributed by atoms with van der Waals surface area (Å²) in [4.78, 5) is 28.2. The number of benzene rings is 2. The second kappa shape index (κ2) is 6.75. The van der Waals surface area contributed by atoms with Gasteiger partial charge in [0, 0.05) is 47.8 Å². The second-order valence-corrected chi connectivity index (χ2v) is 6.60. The summed E-state index contributed by atoms with van der Waals surface area (Å²) in [5, 5.41) is 12.0. The predicted octanol–water partition coefficient (Wildman–Crippen LogP) is 3.80. The van der Waals surface area contributed by atoms with Crippen LogP contribution in [0.1, 0.15) is 30.0 Å². The van der Waals surface area contributed by atoms with Crippen molar-refractivity contribution in [1.29, 1.82) is 0 Å². The number of amides is 1. The minimum Gasteiger partial charge on any atom is -0.497 e. The molecule has 27 heavy (non-hydrogen) atoms. The zero-order valence-corrected chi connectivity index (χ0v) is 14.8. The topological polar surface area (TPSA) is 88.5 Å². The van der Waals surface area contributed by atoms with Gasteiger partial charge in [-0.05, 0) is 42.3 Å². The highest BCUT2D eigenvalue weighted by molar-refractivity contribution is 5.87. The van der Waals surface area contributed by atoms with E-state index >= 15 is 0 Å². The first-order valence-corrected chi connectivity index (χ1v) is 8.77. The molecule has 138 valence electrons. The maximum absolute atomic E-state index is 12.5. The van der Waals surface area contributed by atoms with Crippen molar-refractivity contribution in [2.24, 2.45) is 0 Å². The Labute approximate surface area is 155 Å². The van der Waals surface area contributed by atoms with Gasteiger partial charge in [-0.2, -0.15) is 0 Å². The van der Waals surface area contributed by atoms with E-state index in [9.17, 15) is 14.9 Å². The molecule has 1 aliphatic rings. The molecule has 2 aromatic carbocycles. The van der Waals surface area contributed by atoms with Crippen molar-refractivity contribution in [2.75, 3.05) is 13.7 Å². The summed E-state index contributed by atoms with van der Waals surface area (Å²) in [7, 11) is 1.62. The van der Waals surface area contributed by atoms with Crippen LogP contribution in [-0.4, -0.2) is 34.4 Å². The van der Waals surface area contributed by atoms with Crippen molar-refractivity contribution in [3.05, 3.63) is 69.9 Å². The number of nitro groups is 1. The maximum atomic E-state index is 12.5. The lowest BCUT2D eigenvalue weighted by Crippen LogP contribution is -2.30. The summed E-state index contributed by atoms with van der Waals surface area (Å²) in [6.45, 7) is 0.664. The molecule has 0 saturated carbocycles. The summed E-state index contributed by atoms with van der Waals surface area (Å²) in [6, 6.07) is 11.9. The number of nitrogens with zero attached hydrogens (tertiary/aromatic N) is 2. The molecular weight excluding hydrogens is 346 g/mol. The summed E-state index contributed by atoms with van der Waals surface area (Å²) in [5.74, 6) is 0.828. The molecule has 1 atom stereocenters. The molecule has 2 heterocycles. The first-order valence-electron chi connectivity index (χ1n) is 8.77. The molecule has 1 unspecified atom stereocenters. The molecule has 7 heteroatoms. The van der Waals surface area contributed by atoms with Gasteiger partial charge >= 0.3 is 0 Å². The monoisotopic (exact) mass is 365 g/mol. The lowest BCUT2D eigenvalue weighted by Gasteiger charge is -2.28. The van der Waals surface area contributed by atoms with Crippen LogP contribution in [0, 0.1) is 10.1 Å². The van der Waals surface area contributed by atoms with Crippen LogP contribution in [0.3, 0.4) is 0 Å². The van der Waals surface area contributed by atoms with E-state index in [4.69, 9.17) is 4.74 Å². The van der Waals surface area contributed by atoms with E-state index in [2.05, 4.69) is 4.98 Å². The van der Waals surface area contributed by atoms with Gasteiger partial charge in [-0.3, -0.25) is 14.9 Å². The fourth-order valence-electron chi connectivity index (χ4n) is 3.72. The first kappa shape index (κ1) is 17.1. The number of methoxy groups -OCH3 is 1. The average Bonchev–Trinajstić information content (AvgIpc) is 3.29. The Morgan fingerprint density at radius 1 is 1.22 bits per heavy atom. The highest BCUT2D eigenvalue weighted by Crippen LogP contribution is 2.37. The number of hydrogen-bond donors (Lipinski definition) is 1. The normalized spacial score (nSPS) is 15.3. The van der Waals surface area contributed by atoms with Gasteiger partial charge in [0.05, 0.1) is 18.1 Å². The molecule has 3 aromatic rings. The molecule has 1 fully saturated rings. The fourth-order valence-corrected chi connectivity index (χ4v) is 3.72. The van der Waals surface area contributed by atoms with Gasteiger partial charge in [0.25, 0.3) is 5.69 Å². The second-order valence-electron chi connectivity index (χ2n) is 6.60. The van der Waals surface area contributed by atoms with Gasteiger partial charge in [-0.15, -0.1) is 0 Å². The minimum absolute atomic E-state index is 0.0332. The van der Waals surface area contributed by atoms with E-state index in [0.29, 0.717) is 13.0 Å². The van der Waals surface area contributed by atoms with Gasteiger partial charge < -0.3 is 14.6 Å². The lowest BCUT2D eigenvalue weighted by molar-refractivity contribution is -0.384. The van der Waals surface area contributed by atoms with Crippen LogP contribution < -0.4 is 4.74 Å². The number of aromatic nitrogens is 1. The highest BCUT2D eigenvalue weighted by Gasteiger charge is 2.32. The molecule has 1 amide bonds. The lowest BCUT2D eigenvalue weighted by atomic mass is 9.96. The number of fused-ring (bicyclic) bond motifs is 1. The third-order valence-corrected chi connectivity index (χ3v) is 5.06. The highest BCUT2D eigenvalue weighted by atomic mass is 16.6. The Morgan fingerprint density at radius 2 is 2.00 bits per heavy atom. The number of nitro benzene ring substituents is 1. The Hall–Kier alpha value is -3.35. The SMILES string of the molecule is COc1ccc2[nH]cc(C(c3ccc([N+](=O)[O-])cc3)N3CCCC3=O)c2c1. The Morgan fingerprint density at radius 3 is 2.63 bits per heavy atom. The van der Waals surface area contributed by atoms with E-state index < -0.39 is 4.92 Å². The number of ether oxygens (including phenoxy) is 1. The molecule has 7 nitrogen and oxygen atoms in total. The van der Waals surface area contributed by atoms with E-state index in [-0.39, 0.29) is 17.6 Å². The molecular formula is C20H19N3O4. The first-order chi connectivity index (χ1) is 13.1. The molecule has 1 N–H and O–H groups in total. The van der Waals surface area contributed by atoms with Crippen LogP contribution in [0.15, 0.2) is 48.7 Å². The van der Waals surface area contributed by atoms with Gasteiger partial charge in [0.2, 0.25) is 5.91 Å². The van der Waals surface area contributed by atoms with Crippen molar-refractivity contribution in [3.63, 3.8) is 0 Å². The summed E-state index contributed by atoms with van der Waals surface area (Å²) in [5.41, 5.74) is 2.78. The van der Waals surface area contributed by atoms with Crippen LogP contribution in [0.25, 0.3) is 10.9 Å². The van der Waals surface area contributed by atoms with E-state index in [1.165, 1.54) is 12.1 Å². The van der Waals surface area contributed by atoms with E-state index in [0.717, 1.165) is 34.2 Å². The Balaban J connectivity index is 1.86. The minimum atomic E-state index is -0.420. The van der Waals surface area contributed by atoms with Gasteiger partial charge in [-0.25, -0.2) is 0 Å². The largest absolute Gasteiger partial charge is 0.497 e. The Kier molecular flexibility index (Phi) is 4.27. The molecule has 0 bridgehead atoms. The number of rotatable bonds is 5. The summed E-state index contributed by atoms with van der Waals surface area (Å²) in [6.07, 6.45) is 3.24. The van der Waals surface area contributed by atoms with Gasteiger partial charge in [0.15, 0.2) is 0 Å². The van der Waals surface area contributed by atoms with Crippen molar-refractivity contribution in [1.82, 2.24) is 9.88 Å². The number of likely N-dealkylation sites (tertiary alicyclic amines) is 1. The Bertz CT molecular complexity index is 1010. The quantitative estimate of drug-likeness (QED) is 0.550. The fraction of sp³-hybridized carbons (Fsp3) is 0.250. The zero-order chi connectivity index (χ0) is 19.0. The van der Waals surface area contributed by atoms with E-state index in [1.807, 2.05) is 29.3 Å². The van der Waals surface area contributed by atoms with Crippen LogP contribution in [0.2, 0.25) is 0 Å². The predicted molar refractivity (Wildman–Crippen MR) is 101 cm³/mol. The average molecular weight is 365 g/mol. The van der Waals surface area contributed by atoms with Crippen LogP contribution in [0.4, 0.5) is 5.69 Å². The van der Waals surface area contributed by atoms with Crippen LogP contribution >= 0.6 is 0 Å². The van der Waals surface area contributed by atoms with Gasteiger partial charge in [0.1, 0.15) is 5.75 Å². The molecule has 1 aromatic heterocycles. The smallest absolute Gasteiger partial charge is 0.269 e. The number of aromatic amines is 1. The third kappa shape index (κ3) is 3.01.